The SMILES string of the molecule is CC(C)(C)NC(=O)c1cn(COCC[Si](C)(C)C)c2ncc(-c3nn(CCCN4CC(F)(F)C4)c4ccc(OC(F)F)cc34)nc12. The van der Waals surface area contributed by atoms with Gasteiger partial charge >= 0.3 is 6.61 Å². The van der Waals surface area contributed by atoms with Crippen LogP contribution in [-0.4, -0.2) is 87.5 Å². The third-order valence-corrected chi connectivity index (χ3v) is 9.17. The first-order chi connectivity index (χ1) is 21.5. The van der Waals surface area contributed by atoms with Crippen LogP contribution in [0.15, 0.2) is 30.6 Å². The number of halogens is 4. The molecule has 4 heterocycles. The molecule has 1 aromatic carbocycles. The van der Waals surface area contributed by atoms with E-state index >= 15 is 0 Å². The zero-order valence-corrected chi connectivity index (χ0v) is 28.0. The third kappa shape index (κ3) is 8.23. The number of alkyl halides is 4. The highest BCUT2D eigenvalue weighted by atomic mass is 28.3. The predicted molar refractivity (Wildman–Crippen MR) is 170 cm³/mol. The smallest absolute Gasteiger partial charge is 0.387 e. The molecule has 10 nitrogen and oxygen atoms in total. The molecule has 0 radical (unpaired) electrons. The van der Waals surface area contributed by atoms with Gasteiger partial charge in [0.15, 0.2) is 5.65 Å². The Labute approximate surface area is 266 Å². The average molecular weight is 664 g/mol. The van der Waals surface area contributed by atoms with Gasteiger partial charge in [-0.1, -0.05) is 19.6 Å². The summed E-state index contributed by atoms with van der Waals surface area (Å²) in [4.78, 5) is 24.6. The molecule has 1 fully saturated rings. The van der Waals surface area contributed by atoms with Crippen LogP contribution >= 0.6 is 0 Å². The Morgan fingerprint density at radius 1 is 1.15 bits per heavy atom. The Bertz CT molecular complexity index is 1700. The molecule has 0 aliphatic carbocycles. The lowest BCUT2D eigenvalue weighted by atomic mass is 10.1. The number of benzene rings is 1. The van der Waals surface area contributed by atoms with Crippen molar-refractivity contribution in [1.29, 1.82) is 0 Å². The minimum absolute atomic E-state index is 0.0491. The van der Waals surface area contributed by atoms with E-state index in [2.05, 4.69) is 34.7 Å². The van der Waals surface area contributed by atoms with E-state index in [1.165, 1.54) is 18.3 Å². The van der Waals surface area contributed by atoms with Gasteiger partial charge in [0, 0.05) is 44.9 Å². The Kier molecular flexibility index (Phi) is 9.49. The van der Waals surface area contributed by atoms with Gasteiger partial charge in [-0.05, 0) is 51.4 Å². The highest BCUT2D eigenvalue weighted by molar-refractivity contribution is 6.76. The van der Waals surface area contributed by atoms with Crippen LogP contribution in [0.2, 0.25) is 25.7 Å². The number of aryl methyl sites for hydroxylation is 1. The number of carbonyl (C=O) groups excluding carboxylic acids is 1. The Morgan fingerprint density at radius 3 is 2.54 bits per heavy atom. The van der Waals surface area contributed by atoms with E-state index in [1.807, 2.05) is 20.8 Å². The van der Waals surface area contributed by atoms with Crippen LogP contribution in [0.5, 0.6) is 5.75 Å². The second-order valence-corrected chi connectivity index (χ2v) is 19.7. The summed E-state index contributed by atoms with van der Waals surface area (Å²) in [5, 5.41) is 8.23. The van der Waals surface area contributed by atoms with Crippen LogP contribution in [0.4, 0.5) is 17.6 Å². The van der Waals surface area contributed by atoms with Crippen LogP contribution in [0.25, 0.3) is 33.5 Å². The first kappa shape index (κ1) is 33.8. The maximum Gasteiger partial charge on any atom is 0.387 e. The average Bonchev–Trinajstić information content (AvgIpc) is 3.46. The molecule has 0 atom stereocenters. The van der Waals surface area contributed by atoms with Crippen molar-refractivity contribution in [1.82, 2.24) is 34.5 Å². The molecule has 1 amide bonds. The van der Waals surface area contributed by atoms with Gasteiger partial charge in [0.05, 0.1) is 30.4 Å². The fourth-order valence-corrected chi connectivity index (χ4v) is 6.04. The Balaban J connectivity index is 1.51. The lowest BCUT2D eigenvalue weighted by Gasteiger charge is -2.38. The standard InChI is InChI=1S/C31H41F4N7O3Si/c1-30(2,3)38-28(43)22-16-41(19-44-12-13-46(4,5)6)27-26(22)37-23(15-36-27)25-21-14-20(45-29(32)33)8-9-24(21)42(39-25)11-7-10-40-17-31(34,35)18-40/h8-9,14-16,29H,7,10-13,17-19H2,1-6H3,(H,38,43). The summed E-state index contributed by atoms with van der Waals surface area (Å²) < 4.78 is 66.8. The highest BCUT2D eigenvalue weighted by Gasteiger charge is 2.43. The van der Waals surface area contributed by atoms with Crippen LogP contribution in [-0.2, 0) is 18.0 Å². The van der Waals surface area contributed by atoms with Crippen LogP contribution in [0.1, 0.15) is 37.6 Å². The molecule has 46 heavy (non-hydrogen) atoms. The number of likely N-dealkylation sites (tertiary alicyclic amines) is 1. The molecule has 1 aliphatic heterocycles. The highest BCUT2D eigenvalue weighted by Crippen LogP contribution is 2.33. The number of nitrogens with one attached hydrogen (secondary N) is 1. The van der Waals surface area contributed by atoms with E-state index in [0.717, 1.165) is 6.04 Å². The zero-order chi connectivity index (χ0) is 33.4. The van der Waals surface area contributed by atoms with E-state index < -0.39 is 26.1 Å². The van der Waals surface area contributed by atoms with E-state index in [-0.39, 0.29) is 31.5 Å². The maximum atomic E-state index is 13.4. The monoisotopic (exact) mass is 663 g/mol. The molecule has 0 bridgehead atoms. The quantitative estimate of drug-likeness (QED) is 0.103. The fraction of sp³-hybridized carbons (Fsp3) is 0.548. The first-order valence-electron chi connectivity index (χ1n) is 15.3. The summed E-state index contributed by atoms with van der Waals surface area (Å²) in [5.41, 5.74) is 1.92. The Hall–Kier alpha value is -3.56. The lowest BCUT2D eigenvalue weighted by molar-refractivity contribution is -0.130. The summed E-state index contributed by atoms with van der Waals surface area (Å²) in [6.07, 6.45) is 3.75. The summed E-state index contributed by atoms with van der Waals surface area (Å²) in [5.74, 6) is -3.03. The number of fused-ring (bicyclic) bond motifs is 2. The van der Waals surface area contributed by atoms with Gasteiger partial charge in [0.25, 0.3) is 11.8 Å². The summed E-state index contributed by atoms with van der Waals surface area (Å²) >= 11 is 0. The lowest BCUT2D eigenvalue weighted by Crippen LogP contribution is -2.56. The second kappa shape index (κ2) is 12.9. The van der Waals surface area contributed by atoms with Crippen molar-refractivity contribution in [3.63, 3.8) is 0 Å². The van der Waals surface area contributed by atoms with Crippen molar-refractivity contribution in [2.75, 3.05) is 26.2 Å². The molecule has 15 heteroatoms. The number of hydrogen-bond acceptors (Lipinski definition) is 7. The molecular formula is C31H41F4N7O3Si. The van der Waals surface area contributed by atoms with E-state index in [1.54, 1.807) is 26.4 Å². The molecule has 5 rings (SSSR count). The van der Waals surface area contributed by atoms with Crippen molar-refractivity contribution in [3.05, 3.63) is 36.2 Å². The zero-order valence-electron chi connectivity index (χ0n) is 27.0. The van der Waals surface area contributed by atoms with E-state index in [4.69, 9.17) is 14.8 Å². The largest absolute Gasteiger partial charge is 0.435 e. The van der Waals surface area contributed by atoms with Crippen molar-refractivity contribution >= 4 is 36.0 Å². The molecule has 250 valence electrons. The maximum absolute atomic E-state index is 13.4. The van der Waals surface area contributed by atoms with Gasteiger partial charge in [-0.15, -0.1) is 0 Å². The van der Waals surface area contributed by atoms with Gasteiger partial charge < -0.3 is 19.4 Å². The molecule has 1 saturated heterocycles. The van der Waals surface area contributed by atoms with Gasteiger partial charge in [-0.3, -0.25) is 14.4 Å². The van der Waals surface area contributed by atoms with Gasteiger partial charge in [0.1, 0.15) is 29.4 Å². The fourth-order valence-electron chi connectivity index (χ4n) is 5.28. The van der Waals surface area contributed by atoms with Crippen LogP contribution < -0.4 is 10.1 Å². The molecule has 0 unspecified atom stereocenters. The molecule has 1 N–H and O–H groups in total. The minimum atomic E-state index is -3.02. The van der Waals surface area contributed by atoms with Crippen molar-refractivity contribution in [3.8, 4) is 17.1 Å². The Morgan fingerprint density at radius 2 is 1.89 bits per heavy atom. The molecule has 3 aromatic heterocycles. The van der Waals surface area contributed by atoms with Gasteiger partial charge in [-0.2, -0.15) is 13.9 Å². The molecule has 4 aromatic rings. The number of carbonyl (C=O) groups is 1. The van der Waals surface area contributed by atoms with E-state index in [9.17, 15) is 22.4 Å². The summed E-state index contributed by atoms with van der Waals surface area (Å²) in [6.45, 7) is 10.5. The van der Waals surface area contributed by atoms with Crippen molar-refractivity contribution in [2.24, 2.45) is 0 Å². The predicted octanol–water partition coefficient (Wildman–Crippen LogP) is 6.23. The minimum Gasteiger partial charge on any atom is -0.435 e. The number of rotatable bonds is 13. The molecular weight excluding hydrogens is 622 g/mol. The normalized spacial score (nSPS) is 15.5. The molecule has 0 saturated carbocycles. The van der Waals surface area contributed by atoms with E-state index in [0.29, 0.717) is 65.1 Å². The van der Waals surface area contributed by atoms with Gasteiger partial charge in [-0.25, -0.2) is 18.7 Å². The first-order valence-corrected chi connectivity index (χ1v) is 19.0. The van der Waals surface area contributed by atoms with Crippen LogP contribution in [0.3, 0.4) is 0 Å². The number of ether oxygens (including phenoxy) is 2. The molecule has 0 spiro atoms. The number of aromatic nitrogens is 5. The number of nitrogens with zero attached hydrogens (tertiary/aromatic N) is 6. The summed E-state index contributed by atoms with van der Waals surface area (Å²) in [6, 6.07) is 5.51. The molecule has 1 aliphatic rings. The van der Waals surface area contributed by atoms with Gasteiger partial charge in [0.2, 0.25) is 0 Å². The number of amides is 1. The second-order valence-electron chi connectivity index (χ2n) is 14.0. The van der Waals surface area contributed by atoms with Crippen molar-refractivity contribution in [2.45, 2.75) is 84.2 Å². The topological polar surface area (TPSA) is 99.3 Å². The summed E-state index contributed by atoms with van der Waals surface area (Å²) in [7, 11) is -1.30. The van der Waals surface area contributed by atoms with Crippen molar-refractivity contribution < 1.29 is 31.8 Å². The third-order valence-electron chi connectivity index (χ3n) is 7.47. The van der Waals surface area contributed by atoms with Crippen LogP contribution in [0, 0.1) is 0 Å². The number of hydrogen-bond donors (Lipinski definition) is 1.